The van der Waals surface area contributed by atoms with Crippen molar-refractivity contribution in [2.75, 3.05) is 12.9 Å². The Morgan fingerprint density at radius 2 is 2.04 bits per heavy atom. The van der Waals surface area contributed by atoms with E-state index in [1.165, 1.54) is 6.92 Å². The molecule has 156 valence electrons. The number of esters is 1. The first-order valence-corrected chi connectivity index (χ1v) is 11.8. The maximum atomic E-state index is 14.1. The van der Waals surface area contributed by atoms with Crippen molar-refractivity contribution < 1.29 is 27.2 Å². The van der Waals surface area contributed by atoms with Crippen LogP contribution < -0.4 is 0 Å². The summed E-state index contributed by atoms with van der Waals surface area (Å²) < 4.78 is 41.8. The molecule has 9 heteroatoms. The number of sulfone groups is 1. The van der Waals surface area contributed by atoms with Gasteiger partial charge in [-0.25, -0.2) is 12.8 Å². The van der Waals surface area contributed by atoms with E-state index in [2.05, 4.69) is 21.1 Å². The number of carbonyl (C=O) groups excluding carboxylic acids is 1. The van der Waals surface area contributed by atoms with Crippen molar-refractivity contribution in [1.82, 2.24) is 0 Å². The summed E-state index contributed by atoms with van der Waals surface area (Å²) in [4.78, 5) is 17.4. The molecule has 2 rings (SSSR count). The predicted molar refractivity (Wildman–Crippen MR) is 109 cm³/mol. The Labute approximate surface area is 173 Å². The first-order chi connectivity index (χ1) is 13.0. The second-order valence-electron chi connectivity index (χ2n) is 7.10. The van der Waals surface area contributed by atoms with Crippen molar-refractivity contribution in [3.05, 3.63) is 35.4 Å². The smallest absolute Gasteiger partial charge is 0.327 e. The van der Waals surface area contributed by atoms with E-state index in [4.69, 9.17) is 9.57 Å². The number of benzene rings is 1. The van der Waals surface area contributed by atoms with Gasteiger partial charge in [0.15, 0.2) is 14.6 Å². The Morgan fingerprint density at radius 1 is 1.43 bits per heavy atom. The summed E-state index contributed by atoms with van der Waals surface area (Å²) >= 11 is 3.23. The van der Waals surface area contributed by atoms with Crippen LogP contribution in [-0.2, 0) is 24.2 Å². The molecule has 0 saturated heterocycles. The maximum Gasteiger partial charge on any atom is 0.327 e. The molecule has 4 atom stereocenters. The Bertz CT molecular complexity index is 840. The predicted octanol–water partition coefficient (Wildman–Crippen LogP) is 3.73. The third-order valence-corrected chi connectivity index (χ3v) is 7.28. The third kappa shape index (κ3) is 4.92. The van der Waals surface area contributed by atoms with Crippen LogP contribution in [0.4, 0.5) is 4.39 Å². The minimum absolute atomic E-state index is 0.0661. The lowest BCUT2D eigenvalue weighted by molar-refractivity contribution is -0.146. The van der Waals surface area contributed by atoms with Crippen molar-refractivity contribution >= 4 is 37.4 Å². The molecule has 1 aliphatic rings. The minimum atomic E-state index is -3.73. The van der Waals surface area contributed by atoms with Gasteiger partial charge in [-0.3, -0.25) is 4.79 Å². The Hall–Kier alpha value is -1.48. The highest BCUT2D eigenvalue weighted by Crippen LogP contribution is 2.31. The number of hydrogen-bond acceptors (Lipinski definition) is 6. The summed E-state index contributed by atoms with van der Waals surface area (Å²) in [5.74, 6) is -0.795. The van der Waals surface area contributed by atoms with Crippen molar-refractivity contribution in [2.24, 2.45) is 5.16 Å². The molecule has 0 saturated carbocycles. The van der Waals surface area contributed by atoms with Crippen molar-refractivity contribution in [3.63, 3.8) is 0 Å². The van der Waals surface area contributed by atoms with Crippen LogP contribution in [0.3, 0.4) is 0 Å². The summed E-state index contributed by atoms with van der Waals surface area (Å²) in [6.45, 7) is 4.79. The van der Waals surface area contributed by atoms with Crippen LogP contribution in [0.2, 0.25) is 0 Å². The number of hydrogen-bond donors (Lipinski definition) is 0. The van der Waals surface area contributed by atoms with Gasteiger partial charge in [-0.15, -0.1) is 0 Å². The van der Waals surface area contributed by atoms with Gasteiger partial charge >= 0.3 is 5.97 Å². The molecule has 1 aliphatic heterocycles. The second-order valence-corrected chi connectivity index (χ2v) is 11.0. The van der Waals surface area contributed by atoms with Gasteiger partial charge < -0.3 is 9.57 Å². The summed E-state index contributed by atoms with van der Waals surface area (Å²) in [6.07, 6.45) is -0.405. The lowest BCUT2D eigenvalue weighted by Crippen LogP contribution is -2.47. The molecular formula is C19H25BrFNO5S. The molecule has 1 heterocycles. The lowest BCUT2D eigenvalue weighted by atomic mass is 9.96. The van der Waals surface area contributed by atoms with E-state index in [1.54, 1.807) is 38.1 Å². The molecule has 0 aromatic heterocycles. The van der Waals surface area contributed by atoms with Gasteiger partial charge in [0.1, 0.15) is 12.3 Å². The molecule has 0 aliphatic carbocycles. The fraction of sp³-hybridized carbons (Fsp3) is 0.579. The number of nitrogens with zero attached hydrogens (tertiary/aromatic N) is 1. The Balaban J connectivity index is 2.11. The highest BCUT2D eigenvalue weighted by Gasteiger charge is 2.48. The average Bonchev–Trinajstić information content (AvgIpc) is 3.08. The van der Waals surface area contributed by atoms with E-state index in [-0.39, 0.29) is 17.9 Å². The van der Waals surface area contributed by atoms with E-state index in [1.807, 2.05) is 0 Å². The minimum Gasteiger partial charge on any atom is -0.465 e. The molecule has 0 N–H and O–H groups in total. The van der Waals surface area contributed by atoms with Crippen LogP contribution in [-0.4, -0.2) is 48.6 Å². The van der Waals surface area contributed by atoms with Crippen molar-refractivity contribution in [1.29, 1.82) is 0 Å². The van der Waals surface area contributed by atoms with Gasteiger partial charge in [0.25, 0.3) is 0 Å². The number of ether oxygens (including phenoxy) is 1. The fourth-order valence-electron chi connectivity index (χ4n) is 2.94. The molecule has 0 fully saturated rings. The number of halogens is 2. The summed E-state index contributed by atoms with van der Waals surface area (Å²) in [5.41, 5.74) is 1.94. The van der Waals surface area contributed by atoms with Crippen LogP contribution in [0, 0.1) is 0 Å². The van der Waals surface area contributed by atoms with Crippen molar-refractivity contribution in [3.8, 4) is 0 Å². The number of rotatable bonds is 8. The molecule has 0 spiro atoms. The van der Waals surface area contributed by atoms with Crippen LogP contribution >= 0.6 is 15.9 Å². The van der Waals surface area contributed by atoms with E-state index in [0.29, 0.717) is 17.7 Å². The molecule has 1 aromatic carbocycles. The van der Waals surface area contributed by atoms with E-state index in [9.17, 15) is 17.6 Å². The Kier molecular flexibility index (Phi) is 7.25. The highest BCUT2D eigenvalue weighted by molar-refractivity contribution is 9.09. The molecule has 0 radical (unpaired) electrons. The van der Waals surface area contributed by atoms with Gasteiger partial charge in [-0.1, -0.05) is 45.4 Å². The molecule has 2 unspecified atom stereocenters. The summed E-state index contributed by atoms with van der Waals surface area (Å²) in [5, 5.41) is 4.04. The molecule has 0 bridgehead atoms. The molecule has 28 heavy (non-hydrogen) atoms. The van der Waals surface area contributed by atoms with E-state index in [0.717, 1.165) is 11.8 Å². The topological polar surface area (TPSA) is 82.0 Å². The monoisotopic (exact) mass is 477 g/mol. The van der Waals surface area contributed by atoms with Crippen LogP contribution in [0.15, 0.2) is 29.4 Å². The SMILES string of the molecule is CCOC(=O)[C@@](C)(C[C@H]1CC(c2ccc(C(F)C(C)Br)cc2)=NO1)S(C)(=O)=O. The number of carbonyl (C=O) groups is 1. The molecular weight excluding hydrogens is 453 g/mol. The zero-order valence-electron chi connectivity index (χ0n) is 16.3. The van der Waals surface area contributed by atoms with Crippen LogP contribution in [0.1, 0.15) is 50.9 Å². The standard InChI is InChI=1S/C19H25BrFNO5S/c1-5-26-18(23)19(3,28(4,24)25)11-15-10-16(22-27-15)13-6-8-14(9-7-13)17(21)12(2)20/h6-9,12,15,17H,5,10-11H2,1-4H3/t12?,15-,17?,19-/m1/s1. The van der Waals surface area contributed by atoms with Gasteiger partial charge in [0, 0.05) is 23.9 Å². The number of oxime groups is 1. The zero-order chi connectivity index (χ0) is 21.1. The highest BCUT2D eigenvalue weighted by atomic mass is 79.9. The van der Waals surface area contributed by atoms with Crippen LogP contribution in [0.25, 0.3) is 0 Å². The second kappa shape index (κ2) is 8.90. The van der Waals surface area contributed by atoms with Gasteiger partial charge in [0.2, 0.25) is 0 Å². The quantitative estimate of drug-likeness (QED) is 0.420. The average molecular weight is 478 g/mol. The van der Waals surface area contributed by atoms with Gasteiger partial charge in [-0.05, 0) is 31.9 Å². The fourth-order valence-corrected chi connectivity index (χ4v) is 4.09. The Morgan fingerprint density at radius 3 is 2.54 bits per heavy atom. The first kappa shape index (κ1) is 22.8. The largest absolute Gasteiger partial charge is 0.465 e. The maximum absolute atomic E-state index is 14.1. The lowest BCUT2D eigenvalue weighted by Gasteiger charge is -2.27. The first-order valence-electron chi connectivity index (χ1n) is 8.97. The van der Waals surface area contributed by atoms with Gasteiger partial charge in [-0.2, -0.15) is 0 Å². The third-order valence-electron chi connectivity index (χ3n) is 4.84. The van der Waals surface area contributed by atoms with Crippen molar-refractivity contribution in [2.45, 2.75) is 55.5 Å². The molecule has 1 aromatic rings. The van der Waals surface area contributed by atoms with Gasteiger partial charge in [0.05, 0.1) is 12.3 Å². The van der Waals surface area contributed by atoms with E-state index >= 15 is 0 Å². The van der Waals surface area contributed by atoms with Crippen LogP contribution in [0.5, 0.6) is 0 Å². The summed E-state index contributed by atoms with van der Waals surface area (Å²) in [7, 11) is -3.73. The van der Waals surface area contributed by atoms with E-state index < -0.39 is 32.8 Å². The molecule has 6 nitrogen and oxygen atoms in total. The number of alkyl halides is 2. The summed E-state index contributed by atoms with van der Waals surface area (Å²) in [6, 6.07) is 6.88. The molecule has 0 amide bonds. The normalized spacial score (nSPS) is 21.2. The zero-order valence-corrected chi connectivity index (χ0v) is 18.7.